The second kappa shape index (κ2) is 6.51. The maximum atomic E-state index is 11.8. The maximum absolute atomic E-state index is 11.8. The van der Waals surface area contributed by atoms with Crippen LogP contribution in [0.15, 0.2) is 24.3 Å². The van der Waals surface area contributed by atoms with Crippen LogP contribution in [0.2, 0.25) is 5.02 Å². The van der Waals surface area contributed by atoms with E-state index >= 15 is 0 Å². The van der Waals surface area contributed by atoms with Crippen molar-refractivity contribution >= 4 is 36.0 Å². The van der Waals surface area contributed by atoms with Crippen LogP contribution in [0.4, 0.5) is 0 Å². The van der Waals surface area contributed by atoms with Crippen LogP contribution in [0.1, 0.15) is 17.3 Å². The molecule has 0 radical (unpaired) electrons. The van der Waals surface area contributed by atoms with Gasteiger partial charge in [-0.2, -0.15) is 12.6 Å². The molecule has 0 bridgehead atoms. The third-order valence-electron chi connectivity index (χ3n) is 1.97. The monoisotopic (exact) mass is 272 g/mol. The van der Waals surface area contributed by atoms with Gasteiger partial charge in [0.2, 0.25) is 5.91 Å². The standard InChI is InChI=1S/C11H13ClN2O2S/c1-7(15)13-10(6-17)14-11(16)8-2-4-9(12)5-3-8/h2-5,10,17H,6H2,1H3,(H,13,15)(H,14,16)/t10-/m1/s1. The molecule has 1 aromatic rings. The fraction of sp³-hybridized carbons (Fsp3) is 0.273. The molecule has 0 heterocycles. The smallest absolute Gasteiger partial charge is 0.252 e. The Morgan fingerprint density at radius 3 is 2.35 bits per heavy atom. The van der Waals surface area contributed by atoms with Crippen molar-refractivity contribution in [2.45, 2.75) is 13.1 Å². The zero-order chi connectivity index (χ0) is 12.8. The molecule has 1 atom stereocenters. The van der Waals surface area contributed by atoms with Crippen molar-refractivity contribution in [3.05, 3.63) is 34.9 Å². The summed E-state index contributed by atoms with van der Waals surface area (Å²) in [6, 6.07) is 6.48. The highest BCUT2D eigenvalue weighted by molar-refractivity contribution is 7.80. The Morgan fingerprint density at radius 1 is 1.29 bits per heavy atom. The fourth-order valence-corrected chi connectivity index (χ4v) is 1.52. The average Bonchev–Trinajstić information content (AvgIpc) is 2.28. The van der Waals surface area contributed by atoms with Crippen LogP contribution < -0.4 is 10.6 Å². The van der Waals surface area contributed by atoms with E-state index in [4.69, 9.17) is 11.6 Å². The number of hydrogen-bond donors (Lipinski definition) is 3. The summed E-state index contributed by atoms with van der Waals surface area (Å²) in [5, 5.41) is 5.78. The predicted molar refractivity (Wildman–Crippen MR) is 70.4 cm³/mol. The molecule has 2 N–H and O–H groups in total. The molecule has 17 heavy (non-hydrogen) atoms. The van der Waals surface area contributed by atoms with E-state index in [2.05, 4.69) is 23.3 Å². The lowest BCUT2D eigenvalue weighted by Gasteiger charge is -2.17. The number of carbonyl (C=O) groups excluding carboxylic acids is 2. The van der Waals surface area contributed by atoms with Crippen molar-refractivity contribution in [2.75, 3.05) is 5.75 Å². The zero-order valence-corrected chi connectivity index (χ0v) is 10.9. The topological polar surface area (TPSA) is 58.2 Å². The van der Waals surface area contributed by atoms with Crippen LogP contribution >= 0.6 is 24.2 Å². The molecule has 0 aromatic heterocycles. The minimum atomic E-state index is -0.487. The normalized spacial score (nSPS) is 11.7. The van der Waals surface area contributed by atoms with E-state index in [9.17, 15) is 9.59 Å². The second-order valence-corrected chi connectivity index (χ2v) is 4.22. The summed E-state index contributed by atoms with van der Waals surface area (Å²) in [6.07, 6.45) is -0.487. The number of nitrogens with one attached hydrogen (secondary N) is 2. The van der Waals surface area contributed by atoms with E-state index in [1.807, 2.05) is 0 Å². The van der Waals surface area contributed by atoms with E-state index < -0.39 is 6.17 Å². The van der Waals surface area contributed by atoms with Crippen LogP contribution in [0.5, 0.6) is 0 Å². The van der Waals surface area contributed by atoms with Gasteiger partial charge >= 0.3 is 0 Å². The number of carbonyl (C=O) groups is 2. The van der Waals surface area contributed by atoms with Crippen molar-refractivity contribution in [1.82, 2.24) is 10.6 Å². The van der Waals surface area contributed by atoms with E-state index in [-0.39, 0.29) is 11.8 Å². The molecule has 0 fully saturated rings. The molecule has 0 saturated heterocycles. The summed E-state index contributed by atoms with van der Waals surface area (Å²) < 4.78 is 0. The van der Waals surface area contributed by atoms with Crippen molar-refractivity contribution < 1.29 is 9.59 Å². The highest BCUT2D eigenvalue weighted by atomic mass is 35.5. The Hall–Kier alpha value is -1.20. The van der Waals surface area contributed by atoms with Gasteiger partial charge in [0.25, 0.3) is 5.91 Å². The summed E-state index contributed by atoms with van der Waals surface area (Å²) in [4.78, 5) is 22.6. The van der Waals surface area contributed by atoms with Gasteiger partial charge in [0.1, 0.15) is 6.17 Å². The third-order valence-corrected chi connectivity index (χ3v) is 2.59. The maximum Gasteiger partial charge on any atom is 0.252 e. The van der Waals surface area contributed by atoms with Crippen molar-refractivity contribution in [3.8, 4) is 0 Å². The molecule has 1 rings (SSSR count). The second-order valence-electron chi connectivity index (χ2n) is 3.42. The first-order valence-corrected chi connectivity index (χ1v) is 5.98. The van der Waals surface area contributed by atoms with Crippen LogP contribution in [0.3, 0.4) is 0 Å². The number of amides is 2. The van der Waals surface area contributed by atoms with Crippen molar-refractivity contribution in [2.24, 2.45) is 0 Å². The van der Waals surface area contributed by atoms with Gasteiger partial charge in [0.15, 0.2) is 0 Å². The molecular formula is C11H13ClN2O2S. The van der Waals surface area contributed by atoms with Gasteiger partial charge in [0.05, 0.1) is 0 Å². The van der Waals surface area contributed by atoms with E-state index in [1.165, 1.54) is 6.92 Å². The summed E-state index contributed by atoms with van der Waals surface area (Å²) in [5.74, 6) is -0.186. The highest BCUT2D eigenvalue weighted by Gasteiger charge is 2.12. The van der Waals surface area contributed by atoms with E-state index in [0.29, 0.717) is 16.3 Å². The van der Waals surface area contributed by atoms with Crippen molar-refractivity contribution in [1.29, 1.82) is 0 Å². The number of thiol groups is 1. The number of benzene rings is 1. The van der Waals surface area contributed by atoms with Crippen LogP contribution in [-0.4, -0.2) is 23.7 Å². The number of rotatable bonds is 4. The summed E-state index contributed by atoms with van der Waals surface area (Å²) in [7, 11) is 0. The molecular weight excluding hydrogens is 260 g/mol. The molecule has 0 aliphatic heterocycles. The first kappa shape index (κ1) is 13.9. The molecule has 92 valence electrons. The summed E-state index contributed by atoms with van der Waals surface area (Å²) >= 11 is 9.76. The average molecular weight is 273 g/mol. The van der Waals surface area contributed by atoms with Gasteiger partial charge < -0.3 is 10.6 Å². The summed E-state index contributed by atoms with van der Waals surface area (Å²) in [6.45, 7) is 1.38. The van der Waals surface area contributed by atoms with Crippen LogP contribution in [0.25, 0.3) is 0 Å². The molecule has 0 unspecified atom stereocenters. The number of halogens is 1. The van der Waals surface area contributed by atoms with Gasteiger partial charge in [-0.25, -0.2) is 0 Å². The molecule has 0 aliphatic carbocycles. The minimum Gasteiger partial charge on any atom is -0.335 e. The lowest BCUT2D eigenvalue weighted by Crippen LogP contribution is -2.48. The van der Waals surface area contributed by atoms with Gasteiger partial charge in [-0.05, 0) is 24.3 Å². The third kappa shape index (κ3) is 4.66. The zero-order valence-electron chi connectivity index (χ0n) is 9.24. The molecule has 1 aromatic carbocycles. The predicted octanol–water partition coefficient (Wildman–Crippen LogP) is 1.46. The lowest BCUT2D eigenvalue weighted by molar-refractivity contribution is -0.119. The quantitative estimate of drug-likeness (QED) is 0.574. The molecule has 0 spiro atoms. The molecule has 2 amide bonds. The highest BCUT2D eigenvalue weighted by Crippen LogP contribution is 2.09. The van der Waals surface area contributed by atoms with Crippen LogP contribution in [0, 0.1) is 0 Å². The van der Waals surface area contributed by atoms with E-state index in [1.54, 1.807) is 24.3 Å². The first-order chi connectivity index (χ1) is 8.02. The molecule has 4 nitrogen and oxygen atoms in total. The lowest BCUT2D eigenvalue weighted by atomic mass is 10.2. The minimum absolute atomic E-state index is 0.222. The Morgan fingerprint density at radius 2 is 1.88 bits per heavy atom. The SMILES string of the molecule is CC(=O)N[C@@H](CS)NC(=O)c1ccc(Cl)cc1. The summed E-state index contributed by atoms with van der Waals surface area (Å²) in [5.41, 5.74) is 0.478. The molecule has 0 saturated carbocycles. The molecule has 0 aliphatic rings. The first-order valence-electron chi connectivity index (χ1n) is 4.97. The van der Waals surface area contributed by atoms with Gasteiger partial charge in [-0.3, -0.25) is 9.59 Å². The number of hydrogen-bond acceptors (Lipinski definition) is 3. The van der Waals surface area contributed by atoms with E-state index in [0.717, 1.165) is 0 Å². The largest absolute Gasteiger partial charge is 0.335 e. The van der Waals surface area contributed by atoms with Gasteiger partial charge in [0, 0.05) is 23.3 Å². The van der Waals surface area contributed by atoms with Crippen molar-refractivity contribution in [3.63, 3.8) is 0 Å². The Balaban J connectivity index is 2.64. The van der Waals surface area contributed by atoms with Gasteiger partial charge in [-0.15, -0.1) is 0 Å². The van der Waals surface area contributed by atoms with Crippen LogP contribution in [-0.2, 0) is 4.79 Å². The molecule has 6 heteroatoms. The van der Waals surface area contributed by atoms with Gasteiger partial charge in [-0.1, -0.05) is 11.6 Å². The Kier molecular flexibility index (Phi) is 5.31. The Labute approximate surface area is 110 Å². The Bertz CT molecular complexity index is 408. The fourth-order valence-electron chi connectivity index (χ4n) is 1.22.